The molecule has 0 aliphatic rings. The summed E-state index contributed by atoms with van der Waals surface area (Å²) in [4.78, 5) is 12.8. The van der Waals surface area contributed by atoms with Crippen molar-refractivity contribution in [1.29, 1.82) is 0 Å². The number of hydrogen-bond acceptors (Lipinski definition) is 4. The first-order valence-corrected chi connectivity index (χ1v) is 11.3. The summed E-state index contributed by atoms with van der Waals surface area (Å²) in [5.41, 5.74) is 9.73. The third-order valence-corrected chi connectivity index (χ3v) is 5.57. The molecule has 5 rings (SSSR count). The van der Waals surface area contributed by atoms with Crippen molar-refractivity contribution in [1.82, 2.24) is 9.78 Å². The molecule has 6 nitrogen and oxygen atoms in total. The van der Waals surface area contributed by atoms with Crippen LogP contribution >= 0.6 is 11.6 Å². The van der Waals surface area contributed by atoms with Crippen LogP contribution in [0.25, 0.3) is 16.9 Å². The molecule has 0 saturated heterocycles. The first-order valence-electron chi connectivity index (χ1n) is 10.9. The van der Waals surface area contributed by atoms with Gasteiger partial charge in [0.2, 0.25) is 0 Å². The van der Waals surface area contributed by atoms with Gasteiger partial charge in [-0.2, -0.15) is 5.10 Å². The maximum Gasteiger partial charge on any atom is 0.255 e. The largest absolute Gasteiger partial charge is 0.457 e. The van der Waals surface area contributed by atoms with Crippen molar-refractivity contribution in [2.75, 3.05) is 11.1 Å². The number of anilines is 2. The highest BCUT2D eigenvalue weighted by molar-refractivity contribution is 6.30. The highest BCUT2D eigenvalue weighted by atomic mass is 35.5. The van der Waals surface area contributed by atoms with Gasteiger partial charge in [-0.3, -0.25) is 4.79 Å². The molecule has 0 unspecified atom stereocenters. The van der Waals surface area contributed by atoms with E-state index in [1.54, 1.807) is 41.1 Å². The SMILES string of the molecule is Nc1cc(-c2ccc(Cl)cc2)nn1-c1ccc(C(=O)Nc2cccc(Oc3ccccc3)c2)cc1. The first kappa shape index (κ1) is 22.3. The van der Waals surface area contributed by atoms with Gasteiger partial charge in [-0.05, 0) is 60.7 Å². The van der Waals surface area contributed by atoms with E-state index in [9.17, 15) is 4.79 Å². The first-order chi connectivity index (χ1) is 17.0. The summed E-state index contributed by atoms with van der Waals surface area (Å²) in [7, 11) is 0. The summed E-state index contributed by atoms with van der Waals surface area (Å²) < 4.78 is 7.48. The Bertz CT molecular complexity index is 1460. The van der Waals surface area contributed by atoms with Crippen LogP contribution in [0.1, 0.15) is 10.4 Å². The van der Waals surface area contributed by atoms with E-state index in [0.717, 1.165) is 22.7 Å². The Labute approximate surface area is 207 Å². The molecule has 1 aromatic heterocycles. The third kappa shape index (κ3) is 5.18. The molecule has 0 saturated carbocycles. The van der Waals surface area contributed by atoms with Crippen LogP contribution in [0, 0.1) is 0 Å². The van der Waals surface area contributed by atoms with E-state index in [2.05, 4.69) is 10.4 Å². The molecule has 0 atom stereocenters. The molecule has 0 aliphatic heterocycles. The van der Waals surface area contributed by atoms with E-state index >= 15 is 0 Å². The Morgan fingerprint density at radius 1 is 0.829 bits per heavy atom. The number of amides is 1. The van der Waals surface area contributed by atoms with Gasteiger partial charge in [0.1, 0.15) is 17.3 Å². The number of hydrogen-bond donors (Lipinski definition) is 2. The van der Waals surface area contributed by atoms with Gasteiger partial charge in [0, 0.05) is 34.0 Å². The molecule has 1 heterocycles. The number of nitrogens with zero attached hydrogens (tertiary/aromatic N) is 2. The van der Waals surface area contributed by atoms with E-state index in [4.69, 9.17) is 22.1 Å². The van der Waals surface area contributed by atoms with Gasteiger partial charge in [0.25, 0.3) is 5.91 Å². The van der Waals surface area contributed by atoms with Gasteiger partial charge in [0.05, 0.1) is 11.4 Å². The summed E-state index contributed by atoms with van der Waals surface area (Å²) in [6.07, 6.45) is 0. The van der Waals surface area contributed by atoms with Crippen molar-refractivity contribution in [3.05, 3.63) is 120 Å². The second-order valence-corrected chi connectivity index (χ2v) is 8.25. The minimum absolute atomic E-state index is 0.233. The molecule has 0 spiro atoms. The van der Waals surface area contributed by atoms with Gasteiger partial charge in [-0.15, -0.1) is 0 Å². The maximum absolute atomic E-state index is 12.8. The number of ether oxygens (including phenoxy) is 1. The molecule has 7 heteroatoms. The average Bonchev–Trinajstić information content (AvgIpc) is 3.27. The molecular weight excluding hydrogens is 460 g/mol. The lowest BCUT2D eigenvalue weighted by molar-refractivity contribution is 0.102. The number of para-hydroxylation sites is 1. The monoisotopic (exact) mass is 480 g/mol. The summed E-state index contributed by atoms with van der Waals surface area (Å²) in [6, 6.07) is 33.0. The van der Waals surface area contributed by atoms with Crippen LogP contribution < -0.4 is 15.8 Å². The Morgan fingerprint density at radius 2 is 1.54 bits per heavy atom. The van der Waals surface area contributed by atoms with Crippen molar-refractivity contribution < 1.29 is 9.53 Å². The second kappa shape index (κ2) is 9.75. The molecule has 5 aromatic rings. The molecular formula is C28H21ClN4O2. The molecule has 3 N–H and O–H groups in total. The summed E-state index contributed by atoms with van der Waals surface area (Å²) in [6.45, 7) is 0. The minimum Gasteiger partial charge on any atom is -0.457 e. The van der Waals surface area contributed by atoms with E-state index in [0.29, 0.717) is 27.8 Å². The van der Waals surface area contributed by atoms with Gasteiger partial charge in [0.15, 0.2) is 0 Å². The van der Waals surface area contributed by atoms with Crippen LogP contribution in [0.2, 0.25) is 5.02 Å². The summed E-state index contributed by atoms with van der Waals surface area (Å²) in [5, 5.41) is 8.17. The van der Waals surface area contributed by atoms with Gasteiger partial charge in [-0.1, -0.05) is 48.0 Å². The zero-order valence-corrected chi connectivity index (χ0v) is 19.3. The molecule has 0 radical (unpaired) electrons. The number of carbonyl (C=O) groups is 1. The molecule has 4 aromatic carbocycles. The Balaban J connectivity index is 1.29. The number of halogens is 1. The predicted octanol–water partition coefficient (Wildman–Crippen LogP) is 6.82. The van der Waals surface area contributed by atoms with Crippen molar-refractivity contribution >= 4 is 29.0 Å². The molecule has 0 aliphatic carbocycles. The Morgan fingerprint density at radius 3 is 2.29 bits per heavy atom. The lowest BCUT2D eigenvalue weighted by Gasteiger charge is -2.10. The van der Waals surface area contributed by atoms with E-state index in [1.165, 1.54) is 0 Å². The van der Waals surface area contributed by atoms with E-state index in [1.807, 2.05) is 72.8 Å². The number of carbonyl (C=O) groups excluding carboxylic acids is 1. The van der Waals surface area contributed by atoms with Crippen LogP contribution in [0.5, 0.6) is 11.5 Å². The topological polar surface area (TPSA) is 82.2 Å². The zero-order chi connectivity index (χ0) is 24.2. The van der Waals surface area contributed by atoms with Crippen LogP contribution in [0.4, 0.5) is 11.5 Å². The average molecular weight is 481 g/mol. The van der Waals surface area contributed by atoms with Gasteiger partial charge in [-0.25, -0.2) is 4.68 Å². The van der Waals surface area contributed by atoms with Gasteiger partial charge >= 0.3 is 0 Å². The number of nitrogens with one attached hydrogen (secondary N) is 1. The van der Waals surface area contributed by atoms with Crippen LogP contribution in [0.3, 0.4) is 0 Å². The number of nitrogen functional groups attached to an aromatic ring is 1. The minimum atomic E-state index is -0.233. The van der Waals surface area contributed by atoms with E-state index < -0.39 is 0 Å². The van der Waals surface area contributed by atoms with E-state index in [-0.39, 0.29) is 5.91 Å². The number of aromatic nitrogens is 2. The molecule has 172 valence electrons. The Kier molecular flexibility index (Phi) is 6.20. The highest BCUT2D eigenvalue weighted by Gasteiger charge is 2.11. The number of benzene rings is 4. The van der Waals surface area contributed by atoms with Crippen molar-refractivity contribution in [3.63, 3.8) is 0 Å². The lowest BCUT2D eigenvalue weighted by atomic mass is 10.1. The van der Waals surface area contributed by atoms with Gasteiger partial charge < -0.3 is 15.8 Å². The molecule has 1 amide bonds. The fourth-order valence-electron chi connectivity index (χ4n) is 3.58. The molecule has 35 heavy (non-hydrogen) atoms. The smallest absolute Gasteiger partial charge is 0.255 e. The summed E-state index contributed by atoms with van der Waals surface area (Å²) in [5.74, 6) is 1.62. The fraction of sp³-hybridized carbons (Fsp3) is 0. The normalized spacial score (nSPS) is 10.7. The van der Waals surface area contributed by atoms with Crippen molar-refractivity contribution in [2.24, 2.45) is 0 Å². The lowest BCUT2D eigenvalue weighted by Crippen LogP contribution is -2.12. The molecule has 0 bridgehead atoms. The number of nitrogens with two attached hydrogens (primary N) is 1. The summed E-state index contributed by atoms with van der Waals surface area (Å²) >= 11 is 5.97. The Hall–Kier alpha value is -4.55. The third-order valence-electron chi connectivity index (χ3n) is 5.32. The second-order valence-electron chi connectivity index (χ2n) is 7.82. The highest BCUT2D eigenvalue weighted by Crippen LogP contribution is 2.26. The number of rotatable bonds is 6. The zero-order valence-electron chi connectivity index (χ0n) is 18.6. The molecule has 0 fully saturated rings. The maximum atomic E-state index is 12.8. The van der Waals surface area contributed by atoms with Crippen LogP contribution in [0.15, 0.2) is 109 Å². The van der Waals surface area contributed by atoms with Crippen molar-refractivity contribution in [3.8, 4) is 28.4 Å². The standard InChI is InChI=1S/C28H21ClN4O2/c29-21-13-9-19(10-14-21)26-18-27(30)33(32-26)23-15-11-20(12-16-23)28(34)31-22-5-4-8-25(17-22)35-24-6-2-1-3-7-24/h1-18H,30H2,(H,31,34). The predicted molar refractivity (Wildman–Crippen MR) is 139 cm³/mol. The fourth-order valence-corrected chi connectivity index (χ4v) is 3.71. The van der Waals surface area contributed by atoms with Crippen molar-refractivity contribution in [2.45, 2.75) is 0 Å². The van der Waals surface area contributed by atoms with Crippen LogP contribution in [-0.4, -0.2) is 15.7 Å². The quantitative estimate of drug-likeness (QED) is 0.279. The van der Waals surface area contributed by atoms with Crippen LogP contribution in [-0.2, 0) is 0 Å².